The van der Waals surface area contributed by atoms with Crippen LogP contribution in [0.1, 0.15) is 26.3 Å². The van der Waals surface area contributed by atoms with E-state index in [-0.39, 0.29) is 11.2 Å². The molecule has 0 aliphatic carbocycles. The Labute approximate surface area is 243 Å². The van der Waals surface area contributed by atoms with E-state index in [1.54, 1.807) is 17.8 Å². The lowest BCUT2D eigenvalue weighted by molar-refractivity contribution is 0.480. The lowest BCUT2D eigenvalue weighted by atomic mass is 9.85. The number of pyridine rings is 2. The summed E-state index contributed by atoms with van der Waals surface area (Å²) in [7, 11) is 0. The largest absolute Gasteiger partial charge is 0.506 e. The van der Waals surface area contributed by atoms with Crippen molar-refractivity contribution in [2.75, 3.05) is 0 Å². The van der Waals surface area contributed by atoms with Crippen LogP contribution in [0, 0.1) is 0 Å². The average Bonchev–Trinajstić information content (AvgIpc) is 3.31. The summed E-state index contributed by atoms with van der Waals surface area (Å²) in [5, 5.41) is 14.9. The zero-order valence-corrected chi connectivity index (χ0v) is 24.0. The molecule has 0 aliphatic heterocycles. The van der Waals surface area contributed by atoms with Crippen molar-refractivity contribution in [3.63, 3.8) is 0 Å². The maximum atomic E-state index is 10.7. The van der Waals surface area contributed by atoms with Crippen molar-refractivity contribution in [2.24, 2.45) is 0 Å². The van der Waals surface area contributed by atoms with Crippen LogP contribution in [0.4, 0.5) is 0 Å². The Hall–Kier alpha value is -4.61. The molecule has 3 aromatic heterocycles. The molecule has 200 valence electrons. The van der Waals surface area contributed by atoms with E-state index in [1.165, 1.54) is 10.8 Å². The predicted octanol–water partition coefficient (Wildman–Crippen LogP) is 9.55. The van der Waals surface area contributed by atoms with Crippen molar-refractivity contribution >= 4 is 44.5 Å². The van der Waals surface area contributed by atoms with Gasteiger partial charge in [0, 0.05) is 27.3 Å². The molecule has 0 unspecified atom stereocenters. The maximum absolute atomic E-state index is 10.7. The third-order valence-electron chi connectivity index (χ3n) is 7.55. The standard InChI is InChI=1S/C36H29N3OS/c1-36(2,3)29-22-34(38-35-28(29)13-9-15-32(35)40)41-25-16-17-27-26-12-7-8-14-30(26)39(31(27)21-25)33-20-24(18-19-37-33)23-10-5-4-6-11-23/h4-22,40H,1-3H3. The number of fused-ring (bicyclic) bond motifs is 4. The highest BCUT2D eigenvalue weighted by atomic mass is 32.2. The Kier molecular flexibility index (Phi) is 6.06. The van der Waals surface area contributed by atoms with E-state index < -0.39 is 0 Å². The summed E-state index contributed by atoms with van der Waals surface area (Å²) < 4.78 is 2.25. The van der Waals surface area contributed by atoms with Crippen molar-refractivity contribution < 1.29 is 5.11 Å². The molecule has 7 aromatic rings. The minimum atomic E-state index is -0.101. The molecule has 4 nitrogen and oxygen atoms in total. The monoisotopic (exact) mass is 551 g/mol. The number of phenolic OH excluding ortho intramolecular Hbond substituents is 1. The van der Waals surface area contributed by atoms with Gasteiger partial charge in [-0.3, -0.25) is 4.57 Å². The molecule has 0 amide bonds. The Morgan fingerprint density at radius 2 is 1.44 bits per heavy atom. The first-order valence-electron chi connectivity index (χ1n) is 13.7. The molecule has 0 aliphatic rings. The molecule has 1 N–H and O–H groups in total. The number of rotatable bonds is 4. The van der Waals surface area contributed by atoms with Gasteiger partial charge in [-0.2, -0.15) is 0 Å². The van der Waals surface area contributed by atoms with Crippen molar-refractivity contribution in [1.82, 2.24) is 14.5 Å². The van der Waals surface area contributed by atoms with Crippen molar-refractivity contribution in [3.8, 4) is 22.7 Å². The van der Waals surface area contributed by atoms with Gasteiger partial charge in [-0.15, -0.1) is 0 Å². The summed E-state index contributed by atoms with van der Waals surface area (Å²) in [5.41, 5.74) is 6.20. The van der Waals surface area contributed by atoms with Gasteiger partial charge in [-0.1, -0.05) is 99.3 Å². The number of phenols is 1. The summed E-state index contributed by atoms with van der Waals surface area (Å²) in [4.78, 5) is 10.8. The summed E-state index contributed by atoms with van der Waals surface area (Å²) >= 11 is 1.61. The summed E-state index contributed by atoms with van der Waals surface area (Å²) in [6, 6.07) is 37.5. The lowest BCUT2D eigenvalue weighted by Gasteiger charge is -2.22. The first-order chi connectivity index (χ1) is 19.9. The van der Waals surface area contributed by atoms with Gasteiger partial charge in [-0.25, -0.2) is 9.97 Å². The maximum Gasteiger partial charge on any atom is 0.141 e. The quantitative estimate of drug-likeness (QED) is 0.237. The van der Waals surface area contributed by atoms with Gasteiger partial charge in [0.15, 0.2) is 0 Å². The van der Waals surface area contributed by atoms with Crippen LogP contribution in [0.2, 0.25) is 0 Å². The molecule has 0 atom stereocenters. The molecule has 0 fully saturated rings. The SMILES string of the molecule is CC(C)(C)c1cc(Sc2ccc3c4ccccc4n(-c4cc(-c5ccccc5)ccn4)c3c2)nc2c(O)cccc12. The predicted molar refractivity (Wildman–Crippen MR) is 170 cm³/mol. The highest BCUT2D eigenvalue weighted by Gasteiger charge is 2.21. The van der Waals surface area contributed by atoms with Gasteiger partial charge in [-0.05, 0) is 64.6 Å². The van der Waals surface area contributed by atoms with E-state index in [9.17, 15) is 5.11 Å². The Bertz CT molecular complexity index is 2070. The molecular weight excluding hydrogens is 522 g/mol. The van der Waals surface area contributed by atoms with Crippen molar-refractivity contribution in [1.29, 1.82) is 0 Å². The first-order valence-corrected chi connectivity index (χ1v) is 14.5. The average molecular weight is 552 g/mol. The summed E-state index contributed by atoms with van der Waals surface area (Å²) in [5.74, 6) is 1.08. The van der Waals surface area contributed by atoms with Gasteiger partial charge in [0.1, 0.15) is 22.1 Å². The number of benzene rings is 4. The van der Waals surface area contributed by atoms with Gasteiger partial charge >= 0.3 is 0 Å². The molecule has 0 spiro atoms. The third-order valence-corrected chi connectivity index (χ3v) is 8.46. The second-order valence-electron chi connectivity index (χ2n) is 11.3. The van der Waals surface area contributed by atoms with Crippen LogP contribution in [-0.4, -0.2) is 19.6 Å². The van der Waals surface area contributed by atoms with Crippen molar-refractivity contribution in [3.05, 3.63) is 121 Å². The normalized spacial score (nSPS) is 12.0. The second kappa shape index (κ2) is 9.79. The van der Waals surface area contributed by atoms with E-state index in [2.05, 4.69) is 110 Å². The van der Waals surface area contributed by atoms with Crippen LogP contribution in [-0.2, 0) is 5.41 Å². The van der Waals surface area contributed by atoms with Crippen LogP contribution in [0.5, 0.6) is 5.75 Å². The molecule has 4 aromatic carbocycles. The number of aromatic nitrogens is 3. The van der Waals surface area contributed by atoms with E-state index in [1.807, 2.05) is 24.4 Å². The van der Waals surface area contributed by atoms with Crippen LogP contribution in [0.25, 0.3) is 49.7 Å². The second-order valence-corrected chi connectivity index (χ2v) is 12.4. The molecule has 0 saturated carbocycles. The highest BCUT2D eigenvalue weighted by Crippen LogP contribution is 2.40. The smallest absolute Gasteiger partial charge is 0.141 e. The third kappa shape index (κ3) is 4.52. The fourth-order valence-electron chi connectivity index (χ4n) is 5.61. The molecule has 41 heavy (non-hydrogen) atoms. The lowest BCUT2D eigenvalue weighted by Crippen LogP contribution is -2.12. The molecule has 5 heteroatoms. The van der Waals surface area contributed by atoms with Crippen LogP contribution >= 0.6 is 11.8 Å². The van der Waals surface area contributed by atoms with Crippen LogP contribution < -0.4 is 0 Å². The fourth-order valence-corrected chi connectivity index (χ4v) is 6.48. The molecule has 0 bridgehead atoms. The molecular formula is C36H29N3OS. The number of aromatic hydroxyl groups is 1. The summed E-state index contributed by atoms with van der Waals surface area (Å²) in [6.45, 7) is 6.59. The molecule has 0 radical (unpaired) electrons. The Morgan fingerprint density at radius 3 is 2.27 bits per heavy atom. The highest BCUT2D eigenvalue weighted by molar-refractivity contribution is 7.99. The molecule has 7 rings (SSSR count). The zero-order valence-electron chi connectivity index (χ0n) is 23.2. The van der Waals surface area contributed by atoms with E-state index in [0.717, 1.165) is 48.8 Å². The van der Waals surface area contributed by atoms with Crippen LogP contribution in [0.3, 0.4) is 0 Å². The van der Waals surface area contributed by atoms with Gasteiger partial charge in [0.25, 0.3) is 0 Å². The number of hydrogen-bond donors (Lipinski definition) is 1. The van der Waals surface area contributed by atoms with Crippen LogP contribution in [0.15, 0.2) is 125 Å². The fraction of sp³-hybridized carbons (Fsp3) is 0.111. The number of nitrogens with zero attached hydrogens (tertiary/aromatic N) is 3. The Balaban J connectivity index is 1.39. The number of para-hydroxylation sites is 2. The minimum Gasteiger partial charge on any atom is -0.506 e. The molecule has 3 heterocycles. The van der Waals surface area contributed by atoms with E-state index in [0.29, 0.717) is 5.52 Å². The van der Waals surface area contributed by atoms with E-state index >= 15 is 0 Å². The topological polar surface area (TPSA) is 50.9 Å². The van der Waals surface area contributed by atoms with Crippen molar-refractivity contribution in [2.45, 2.75) is 36.1 Å². The van der Waals surface area contributed by atoms with Gasteiger partial charge in [0.05, 0.1) is 11.0 Å². The first kappa shape index (κ1) is 25.4. The summed E-state index contributed by atoms with van der Waals surface area (Å²) in [6.07, 6.45) is 1.89. The Morgan fingerprint density at radius 1 is 0.683 bits per heavy atom. The minimum absolute atomic E-state index is 0.101. The molecule has 0 saturated heterocycles. The number of hydrogen-bond acceptors (Lipinski definition) is 4. The van der Waals surface area contributed by atoms with E-state index in [4.69, 9.17) is 9.97 Å². The zero-order chi connectivity index (χ0) is 28.1. The van der Waals surface area contributed by atoms with Gasteiger partial charge in [0.2, 0.25) is 0 Å². The van der Waals surface area contributed by atoms with Gasteiger partial charge < -0.3 is 5.11 Å².